The number of hydrogen-bond acceptors (Lipinski definition) is 4. The van der Waals surface area contributed by atoms with Crippen molar-refractivity contribution >= 4 is 17.6 Å². The molecular weight excluding hydrogens is 250 g/mol. The van der Waals surface area contributed by atoms with Gasteiger partial charge in [0.05, 0.1) is 12.5 Å². The summed E-state index contributed by atoms with van der Waals surface area (Å²) in [6.07, 6.45) is -0.158. The quantitative estimate of drug-likeness (QED) is 0.756. The third kappa shape index (κ3) is 3.87. The second-order valence-corrected chi connectivity index (χ2v) is 4.80. The monoisotopic (exact) mass is 267 g/mol. The molecule has 0 heterocycles. The van der Waals surface area contributed by atoms with Crippen LogP contribution in [0.4, 0.5) is 5.69 Å². The number of phenolic OH excluding ortho intramolecular Hbond substituents is 1. The molecule has 0 aromatic heterocycles. The fraction of sp³-hybridized carbons (Fsp3) is 0.385. The second-order valence-electron chi connectivity index (χ2n) is 4.80. The fourth-order valence-corrected chi connectivity index (χ4v) is 1.45. The van der Waals surface area contributed by atoms with E-state index >= 15 is 0 Å². The van der Waals surface area contributed by atoms with Crippen molar-refractivity contribution in [3.63, 3.8) is 0 Å². The predicted molar refractivity (Wildman–Crippen MR) is 69.3 cm³/mol. The molecule has 6 nitrogen and oxygen atoms in total. The lowest BCUT2D eigenvalue weighted by Gasteiger charge is -2.18. The number of carboxylic acid groups (broad SMARTS) is 1. The highest BCUT2D eigenvalue weighted by atomic mass is 16.5. The van der Waals surface area contributed by atoms with Gasteiger partial charge in [0.25, 0.3) is 0 Å². The zero-order valence-corrected chi connectivity index (χ0v) is 11.1. The molecular formula is C13H17NO5. The summed E-state index contributed by atoms with van der Waals surface area (Å²) in [6.45, 7) is 2.95. The Morgan fingerprint density at radius 1 is 1.37 bits per heavy atom. The summed E-state index contributed by atoms with van der Waals surface area (Å²) in [5.41, 5.74) is -0.761. The van der Waals surface area contributed by atoms with Crippen LogP contribution in [-0.2, 0) is 9.59 Å². The molecule has 6 heteroatoms. The molecule has 0 aliphatic rings. The van der Waals surface area contributed by atoms with Crippen LogP contribution in [0.3, 0.4) is 0 Å². The first kappa shape index (κ1) is 14.8. The Balaban J connectivity index is 2.73. The maximum Gasteiger partial charge on any atom is 0.309 e. The molecule has 104 valence electrons. The van der Waals surface area contributed by atoms with Gasteiger partial charge in [0, 0.05) is 18.2 Å². The van der Waals surface area contributed by atoms with Gasteiger partial charge in [-0.3, -0.25) is 9.59 Å². The number of benzene rings is 1. The van der Waals surface area contributed by atoms with Crippen LogP contribution >= 0.6 is 0 Å². The Kier molecular flexibility index (Phi) is 4.37. The normalized spacial score (nSPS) is 10.9. The van der Waals surface area contributed by atoms with Crippen LogP contribution in [-0.4, -0.2) is 29.2 Å². The average molecular weight is 267 g/mol. The fourth-order valence-electron chi connectivity index (χ4n) is 1.45. The molecule has 1 aromatic rings. The van der Waals surface area contributed by atoms with Crippen molar-refractivity contribution in [3.8, 4) is 11.5 Å². The SMILES string of the molecule is COc1ccc(NC(=O)CC(C)(C)C(=O)O)cc1O. The van der Waals surface area contributed by atoms with Crippen molar-refractivity contribution in [2.45, 2.75) is 20.3 Å². The molecule has 0 bridgehead atoms. The van der Waals surface area contributed by atoms with Gasteiger partial charge >= 0.3 is 5.97 Å². The minimum atomic E-state index is -1.14. The molecule has 1 aromatic carbocycles. The van der Waals surface area contributed by atoms with Gasteiger partial charge in [-0.1, -0.05) is 0 Å². The van der Waals surface area contributed by atoms with E-state index in [4.69, 9.17) is 9.84 Å². The minimum absolute atomic E-state index is 0.0993. The van der Waals surface area contributed by atoms with Gasteiger partial charge in [-0.2, -0.15) is 0 Å². The maximum absolute atomic E-state index is 11.7. The summed E-state index contributed by atoms with van der Waals surface area (Å²) in [4.78, 5) is 22.6. The van der Waals surface area contributed by atoms with Crippen LogP contribution in [0.1, 0.15) is 20.3 Å². The highest BCUT2D eigenvalue weighted by Crippen LogP contribution is 2.29. The predicted octanol–water partition coefficient (Wildman–Crippen LogP) is 1.84. The Labute approximate surface area is 111 Å². The molecule has 3 N–H and O–H groups in total. The summed E-state index contributed by atoms with van der Waals surface area (Å²) < 4.78 is 4.88. The lowest BCUT2D eigenvalue weighted by atomic mass is 9.89. The van der Waals surface area contributed by atoms with Crippen LogP contribution in [0, 0.1) is 5.41 Å². The first-order chi connectivity index (χ1) is 8.76. The molecule has 1 rings (SSSR count). The third-order valence-electron chi connectivity index (χ3n) is 2.64. The molecule has 0 unspecified atom stereocenters. The summed E-state index contributed by atoms with van der Waals surface area (Å²) in [5, 5.41) is 21.0. The average Bonchev–Trinajstić information content (AvgIpc) is 2.28. The molecule has 0 saturated heterocycles. The van der Waals surface area contributed by atoms with Gasteiger partial charge in [0.1, 0.15) is 0 Å². The molecule has 0 spiro atoms. The van der Waals surface area contributed by atoms with E-state index in [1.54, 1.807) is 6.07 Å². The smallest absolute Gasteiger partial charge is 0.309 e. The number of carbonyl (C=O) groups is 2. The number of hydrogen-bond donors (Lipinski definition) is 3. The first-order valence-corrected chi connectivity index (χ1v) is 5.66. The van der Waals surface area contributed by atoms with Gasteiger partial charge in [-0.25, -0.2) is 0 Å². The molecule has 0 radical (unpaired) electrons. The zero-order valence-electron chi connectivity index (χ0n) is 11.1. The lowest BCUT2D eigenvalue weighted by Crippen LogP contribution is -2.29. The zero-order chi connectivity index (χ0) is 14.6. The molecule has 0 saturated carbocycles. The molecule has 0 fully saturated rings. The van der Waals surface area contributed by atoms with Gasteiger partial charge < -0.3 is 20.3 Å². The van der Waals surface area contributed by atoms with Gasteiger partial charge in [-0.05, 0) is 26.0 Å². The highest BCUT2D eigenvalue weighted by Gasteiger charge is 2.30. The van der Waals surface area contributed by atoms with E-state index in [2.05, 4.69) is 5.32 Å². The largest absolute Gasteiger partial charge is 0.504 e. The standard InChI is InChI=1S/C13H17NO5/c1-13(2,12(17)18)7-11(16)14-8-4-5-10(19-3)9(15)6-8/h4-6,15H,7H2,1-3H3,(H,14,16)(H,17,18). The molecule has 1 amide bonds. The van der Waals surface area contributed by atoms with Crippen LogP contribution in [0.25, 0.3) is 0 Å². The van der Waals surface area contributed by atoms with Crippen molar-refractivity contribution in [2.75, 3.05) is 12.4 Å². The summed E-state index contributed by atoms with van der Waals surface area (Å²) in [7, 11) is 1.42. The number of ether oxygens (including phenoxy) is 1. The van der Waals surface area contributed by atoms with E-state index in [9.17, 15) is 14.7 Å². The Hall–Kier alpha value is -2.24. The van der Waals surface area contributed by atoms with Crippen LogP contribution in [0.2, 0.25) is 0 Å². The van der Waals surface area contributed by atoms with Crippen molar-refractivity contribution in [1.82, 2.24) is 0 Å². The summed E-state index contributed by atoms with van der Waals surface area (Å²) >= 11 is 0. The Bertz CT molecular complexity index is 496. The van der Waals surface area contributed by atoms with E-state index in [0.29, 0.717) is 11.4 Å². The van der Waals surface area contributed by atoms with Crippen molar-refractivity contribution in [2.24, 2.45) is 5.41 Å². The maximum atomic E-state index is 11.7. The Morgan fingerprint density at radius 3 is 2.47 bits per heavy atom. The lowest BCUT2D eigenvalue weighted by molar-refractivity contribution is -0.148. The van der Waals surface area contributed by atoms with Crippen molar-refractivity contribution < 1.29 is 24.5 Å². The number of phenols is 1. The van der Waals surface area contributed by atoms with Gasteiger partial charge in [0.15, 0.2) is 11.5 Å². The van der Waals surface area contributed by atoms with Gasteiger partial charge in [0.2, 0.25) is 5.91 Å². The van der Waals surface area contributed by atoms with E-state index in [1.807, 2.05) is 0 Å². The number of carbonyl (C=O) groups excluding carboxylic acids is 1. The number of nitrogens with one attached hydrogen (secondary N) is 1. The summed E-state index contributed by atoms with van der Waals surface area (Å²) in [6, 6.07) is 4.40. The summed E-state index contributed by atoms with van der Waals surface area (Å²) in [5.74, 6) is -1.28. The minimum Gasteiger partial charge on any atom is -0.504 e. The van der Waals surface area contributed by atoms with E-state index < -0.39 is 17.3 Å². The number of amides is 1. The topological polar surface area (TPSA) is 95.9 Å². The van der Waals surface area contributed by atoms with E-state index in [-0.39, 0.29) is 12.2 Å². The number of methoxy groups -OCH3 is 1. The number of anilines is 1. The van der Waals surface area contributed by atoms with E-state index in [0.717, 1.165) is 0 Å². The molecule has 0 atom stereocenters. The van der Waals surface area contributed by atoms with Crippen LogP contribution < -0.4 is 10.1 Å². The molecule has 0 aliphatic heterocycles. The number of carboxylic acids is 1. The Morgan fingerprint density at radius 2 is 2.00 bits per heavy atom. The highest BCUT2D eigenvalue weighted by molar-refractivity contribution is 5.94. The van der Waals surface area contributed by atoms with E-state index in [1.165, 1.54) is 33.1 Å². The molecule has 19 heavy (non-hydrogen) atoms. The number of aliphatic carboxylic acids is 1. The van der Waals surface area contributed by atoms with Crippen LogP contribution in [0.5, 0.6) is 11.5 Å². The second kappa shape index (κ2) is 5.60. The first-order valence-electron chi connectivity index (χ1n) is 5.66. The van der Waals surface area contributed by atoms with Gasteiger partial charge in [-0.15, -0.1) is 0 Å². The molecule has 0 aliphatic carbocycles. The van der Waals surface area contributed by atoms with Crippen molar-refractivity contribution in [1.29, 1.82) is 0 Å². The number of aromatic hydroxyl groups is 1. The van der Waals surface area contributed by atoms with Crippen molar-refractivity contribution in [3.05, 3.63) is 18.2 Å². The van der Waals surface area contributed by atoms with Crippen LogP contribution in [0.15, 0.2) is 18.2 Å². The third-order valence-corrected chi connectivity index (χ3v) is 2.64. The number of rotatable bonds is 5.